The van der Waals surface area contributed by atoms with Gasteiger partial charge in [0.25, 0.3) is 0 Å². The van der Waals surface area contributed by atoms with E-state index in [1.165, 1.54) is 17.9 Å². The van der Waals surface area contributed by atoms with Gasteiger partial charge in [0.05, 0.1) is 0 Å². The third-order valence-electron chi connectivity index (χ3n) is 5.87. The number of ether oxygens (including phenoxy) is 1. The summed E-state index contributed by atoms with van der Waals surface area (Å²) in [5.74, 6) is -0.940. The van der Waals surface area contributed by atoms with Gasteiger partial charge < -0.3 is 9.84 Å². The predicted molar refractivity (Wildman–Crippen MR) is 110 cm³/mol. The highest BCUT2D eigenvalue weighted by atomic mass is 16.6. The molecule has 1 atom stereocenters. The molecule has 0 heterocycles. The van der Waals surface area contributed by atoms with Gasteiger partial charge in [-0.05, 0) is 52.9 Å². The molecule has 0 unspecified atom stereocenters. The minimum Gasteiger partial charge on any atom is -0.480 e. The van der Waals surface area contributed by atoms with E-state index in [-0.39, 0.29) is 12.1 Å². The van der Waals surface area contributed by atoms with Crippen LogP contribution in [0.4, 0.5) is 4.79 Å². The normalized spacial score (nSPS) is 20.8. The third kappa shape index (κ3) is 6.36. The maximum absolute atomic E-state index is 13.3. The maximum Gasteiger partial charge on any atom is 0.425 e. The first-order valence-electron chi connectivity index (χ1n) is 11.3. The molecule has 2 rings (SSSR count). The lowest BCUT2D eigenvalue weighted by atomic mass is 9.89. The fraction of sp³-hybridized carbons (Fsp3) is 0.909. The van der Waals surface area contributed by atoms with Gasteiger partial charge >= 0.3 is 12.1 Å². The second-order valence-electron chi connectivity index (χ2n) is 9.43. The average Bonchev–Trinajstić information content (AvgIpc) is 2.64. The van der Waals surface area contributed by atoms with Crippen LogP contribution in [0.2, 0.25) is 0 Å². The summed E-state index contributed by atoms with van der Waals surface area (Å²) in [6.07, 6.45) is 11.7. The number of rotatable bonds is 7. The topological polar surface area (TPSA) is 70.1 Å². The van der Waals surface area contributed by atoms with E-state index in [0.717, 1.165) is 51.4 Å². The van der Waals surface area contributed by atoms with E-state index in [1.807, 2.05) is 27.7 Å². The molecular formula is C22H40N2O4. The molecule has 2 aliphatic rings. The van der Waals surface area contributed by atoms with Gasteiger partial charge in [-0.2, -0.15) is 0 Å². The van der Waals surface area contributed by atoms with Gasteiger partial charge in [-0.3, -0.25) is 0 Å². The Labute approximate surface area is 170 Å². The molecular weight excluding hydrogens is 356 g/mol. The maximum atomic E-state index is 13.3. The van der Waals surface area contributed by atoms with Gasteiger partial charge in [-0.15, -0.1) is 0 Å². The van der Waals surface area contributed by atoms with E-state index in [4.69, 9.17) is 4.74 Å². The number of aliphatic carboxylic acids is 1. The SMILES string of the molecule is CCC[C@@H](C(=O)O)N(C(=O)OC(C)(C)C)N(C1CCCCC1)C1CCCCC1. The summed E-state index contributed by atoms with van der Waals surface area (Å²) >= 11 is 0. The van der Waals surface area contributed by atoms with E-state index < -0.39 is 23.7 Å². The number of carbonyl (C=O) groups excluding carboxylic acids is 1. The second-order valence-corrected chi connectivity index (χ2v) is 9.43. The number of nitrogens with zero attached hydrogens (tertiary/aromatic N) is 2. The van der Waals surface area contributed by atoms with Crippen LogP contribution in [0, 0.1) is 0 Å². The highest BCUT2D eigenvalue weighted by molar-refractivity contribution is 5.79. The van der Waals surface area contributed by atoms with Crippen LogP contribution < -0.4 is 0 Å². The molecule has 0 radical (unpaired) electrons. The smallest absolute Gasteiger partial charge is 0.425 e. The van der Waals surface area contributed by atoms with Crippen molar-refractivity contribution < 1.29 is 19.4 Å². The molecule has 0 aromatic heterocycles. The molecule has 0 spiro atoms. The summed E-state index contributed by atoms with van der Waals surface area (Å²) in [5, 5.41) is 13.7. The number of carbonyl (C=O) groups is 2. The van der Waals surface area contributed by atoms with Crippen molar-refractivity contribution in [2.75, 3.05) is 0 Å². The Bertz CT molecular complexity index is 487. The number of hydrogen-bond acceptors (Lipinski definition) is 4. The molecule has 0 aliphatic heterocycles. The Hall–Kier alpha value is -1.30. The molecule has 2 fully saturated rings. The van der Waals surface area contributed by atoms with Crippen LogP contribution in [0.15, 0.2) is 0 Å². The highest BCUT2D eigenvalue weighted by Crippen LogP contribution is 2.33. The first-order valence-corrected chi connectivity index (χ1v) is 11.3. The molecule has 0 saturated heterocycles. The van der Waals surface area contributed by atoms with E-state index in [0.29, 0.717) is 12.8 Å². The molecule has 1 amide bonds. The lowest BCUT2D eigenvalue weighted by Crippen LogP contribution is -2.62. The number of hydrogen-bond donors (Lipinski definition) is 1. The first-order chi connectivity index (χ1) is 13.2. The van der Waals surface area contributed by atoms with Crippen molar-refractivity contribution in [2.45, 2.75) is 128 Å². The minimum atomic E-state index is -0.940. The largest absolute Gasteiger partial charge is 0.480 e. The van der Waals surface area contributed by atoms with Crippen LogP contribution >= 0.6 is 0 Å². The predicted octanol–water partition coefficient (Wildman–Crippen LogP) is 5.36. The van der Waals surface area contributed by atoms with Crippen LogP contribution in [0.1, 0.15) is 105 Å². The van der Waals surface area contributed by atoms with Crippen molar-refractivity contribution in [1.82, 2.24) is 10.0 Å². The Kier molecular flexibility index (Phi) is 8.59. The summed E-state index contributed by atoms with van der Waals surface area (Å²) in [5.41, 5.74) is -0.657. The van der Waals surface area contributed by atoms with Crippen molar-refractivity contribution in [2.24, 2.45) is 0 Å². The Balaban J connectivity index is 2.41. The van der Waals surface area contributed by atoms with Crippen molar-refractivity contribution in [1.29, 1.82) is 0 Å². The fourth-order valence-electron chi connectivity index (χ4n) is 4.66. The van der Waals surface area contributed by atoms with E-state index >= 15 is 0 Å². The molecule has 1 N–H and O–H groups in total. The molecule has 0 aromatic rings. The van der Waals surface area contributed by atoms with Crippen LogP contribution in [0.3, 0.4) is 0 Å². The summed E-state index contributed by atoms with van der Waals surface area (Å²) in [6.45, 7) is 7.48. The quantitative estimate of drug-likeness (QED) is 0.587. The van der Waals surface area contributed by atoms with Gasteiger partial charge in [0.15, 0.2) is 0 Å². The molecule has 28 heavy (non-hydrogen) atoms. The Morgan fingerprint density at radius 2 is 1.43 bits per heavy atom. The van der Waals surface area contributed by atoms with Crippen LogP contribution in [-0.2, 0) is 9.53 Å². The first kappa shape index (κ1) is 23.0. The van der Waals surface area contributed by atoms with E-state index in [2.05, 4.69) is 5.01 Å². The summed E-state index contributed by atoms with van der Waals surface area (Å²) in [7, 11) is 0. The molecule has 0 bridgehead atoms. The van der Waals surface area contributed by atoms with Crippen molar-refractivity contribution in [3.8, 4) is 0 Å². The Morgan fingerprint density at radius 3 is 1.79 bits per heavy atom. The van der Waals surface area contributed by atoms with Crippen molar-refractivity contribution in [3.63, 3.8) is 0 Å². The lowest BCUT2D eigenvalue weighted by Gasteiger charge is -2.49. The average molecular weight is 397 g/mol. The van der Waals surface area contributed by atoms with Crippen LogP contribution in [-0.4, -0.2) is 50.9 Å². The van der Waals surface area contributed by atoms with Crippen molar-refractivity contribution in [3.05, 3.63) is 0 Å². The van der Waals surface area contributed by atoms with E-state index in [9.17, 15) is 14.7 Å². The second kappa shape index (κ2) is 10.5. The minimum absolute atomic E-state index is 0.225. The van der Waals surface area contributed by atoms with Crippen LogP contribution in [0.5, 0.6) is 0 Å². The van der Waals surface area contributed by atoms with Gasteiger partial charge in [0.2, 0.25) is 0 Å². The zero-order valence-electron chi connectivity index (χ0n) is 18.3. The third-order valence-corrected chi connectivity index (χ3v) is 5.87. The van der Waals surface area contributed by atoms with Gasteiger partial charge in [-0.25, -0.2) is 19.6 Å². The molecule has 0 aromatic carbocycles. The summed E-state index contributed by atoms with van der Waals surface area (Å²) in [6, 6.07) is -0.421. The van der Waals surface area contributed by atoms with Crippen LogP contribution in [0.25, 0.3) is 0 Å². The monoisotopic (exact) mass is 396 g/mol. The number of amides is 1. The molecule has 162 valence electrons. The number of carboxylic acid groups (broad SMARTS) is 1. The number of carboxylic acids is 1. The van der Waals surface area contributed by atoms with Gasteiger partial charge in [0.1, 0.15) is 11.6 Å². The summed E-state index contributed by atoms with van der Waals surface area (Å²) < 4.78 is 5.72. The van der Waals surface area contributed by atoms with Gasteiger partial charge in [-0.1, -0.05) is 51.9 Å². The fourth-order valence-corrected chi connectivity index (χ4v) is 4.66. The summed E-state index contributed by atoms with van der Waals surface area (Å²) in [4.78, 5) is 25.5. The molecule has 2 saturated carbocycles. The lowest BCUT2D eigenvalue weighted by molar-refractivity contribution is -0.165. The molecule has 6 nitrogen and oxygen atoms in total. The molecule has 2 aliphatic carbocycles. The zero-order valence-corrected chi connectivity index (χ0v) is 18.3. The Morgan fingerprint density at radius 1 is 0.964 bits per heavy atom. The van der Waals surface area contributed by atoms with E-state index in [1.54, 1.807) is 0 Å². The van der Waals surface area contributed by atoms with Gasteiger partial charge in [0, 0.05) is 12.1 Å². The molecule has 6 heteroatoms. The number of hydrazine groups is 1. The van der Waals surface area contributed by atoms with Crippen molar-refractivity contribution >= 4 is 12.1 Å². The zero-order chi connectivity index (χ0) is 20.7. The standard InChI is InChI=1S/C22H40N2O4/c1-5-12-19(20(25)26)24(21(27)28-22(2,3)4)23(17-13-8-6-9-14-17)18-15-10-7-11-16-18/h17-19H,5-16H2,1-4H3,(H,25,26)/t19-/m0/s1. The highest BCUT2D eigenvalue weighted by Gasteiger charge is 2.42.